The number of benzene rings is 1. The highest BCUT2D eigenvalue weighted by molar-refractivity contribution is 9.10. The van der Waals surface area contributed by atoms with Crippen molar-refractivity contribution in [3.63, 3.8) is 0 Å². The van der Waals surface area contributed by atoms with Crippen LogP contribution in [0.3, 0.4) is 0 Å². The van der Waals surface area contributed by atoms with Crippen LogP contribution in [0, 0.1) is 0 Å². The average molecular weight is 379 g/mol. The van der Waals surface area contributed by atoms with Gasteiger partial charge in [-0.15, -0.1) is 0 Å². The summed E-state index contributed by atoms with van der Waals surface area (Å²) >= 11 is 4.76. The topological polar surface area (TPSA) is 42.0 Å². The highest BCUT2D eigenvalue weighted by Gasteiger charge is 2.13. The number of carbonyl (C=O) groups is 1. The zero-order valence-electron chi connectivity index (χ0n) is 12.9. The minimum absolute atomic E-state index is 0.0294. The third-order valence-corrected chi connectivity index (χ3v) is 4.50. The third-order valence-electron chi connectivity index (χ3n) is 3.09. The maximum Gasteiger partial charge on any atom is 0.234 e. The molecule has 1 aromatic heterocycles. The molecule has 1 amide bonds. The first-order chi connectivity index (χ1) is 10.3. The van der Waals surface area contributed by atoms with Gasteiger partial charge in [0.15, 0.2) is 0 Å². The molecule has 0 atom stereocenters. The number of carbonyl (C=O) groups excluding carboxylic acids is 1. The second-order valence-electron chi connectivity index (χ2n) is 5.98. The lowest BCUT2D eigenvalue weighted by atomic mass is 9.87. The van der Waals surface area contributed by atoms with E-state index in [1.807, 2.05) is 24.3 Å². The Bertz CT molecular complexity index is 633. The molecule has 0 spiro atoms. The summed E-state index contributed by atoms with van der Waals surface area (Å²) < 4.78 is 0.931. The van der Waals surface area contributed by atoms with Gasteiger partial charge in [0.25, 0.3) is 0 Å². The molecule has 0 fully saturated rings. The van der Waals surface area contributed by atoms with Crippen molar-refractivity contribution in [1.29, 1.82) is 0 Å². The number of amides is 1. The van der Waals surface area contributed by atoms with Crippen LogP contribution in [0.2, 0.25) is 0 Å². The van der Waals surface area contributed by atoms with Gasteiger partial charge in [-0.25, -0.2) is 4.98 Å². The molecule has 0 bridgehead atoms. The van der Waals surface area contributed by atoms with E-state index in [-0.39, 0.29) is 11.3 Å². The predicted octanol–water partition coefficient (Wildman–Crippen LogP) is 4.87. The number of thioether (sulfide) groups is 1. The first-order valence-corrected chi connectivity index (χ1v) is 8.77. The summed E-state index contributed by atoms with van der Waals surface area (Å²) in [6.45, 7) is 6.51. The average Bonchev–Trinajstić information content (AvgIpc) is 2.46. The molecular formula is C17H19BrN2OS. The Balaban J connectivity index is 1.88. The number of anilines is 1. The van der Waals surface area contributed by atoms with E-state index in [1.54, 1.807) is 6.20 Å². The predicted molar refractivity (Wildman–Crippen MR) is 96.4 cm³/mol. The molecule has 0 aliphatic carbocycles. The molecule has 1 heterocycles. The zero-order valence-corrected chi connectivity index (χ0v) is 15.3. The van der Waals surface area contributed by atoms with Gasteiger partial charge in [0.1, 0.15) is 0 Å². The van der Waals surface area contributed by atoms with Crippen LogP contribution < -0.4 is 5.32 Å². The zero-order chi connectivity index (χ0) is 16.2. The first-order valence-electron chi connectivity index (χ1n) is 6.99. The van der Waals surface area contributed by atoms with E-state index in [0.717, 1.165) is 15.2 Å². The fourth-order valence-electron chi connectivity index (χ4n) is 1.84. The van der Waals surface area contributed by atoms with Crippen LogP contribution in [0.25, 0.3) is 0 Å². The molecule has 0 unspecified atom stereocenters. The third kappa shape index (κ3) is 5.14. The van der Waals surface area contributed by atoms with Crippen LogP contribution in [0.15, 0.2) is 52.1 Å². The maximum absolute atomic E-state index is 12.0. The van der Waals surface area contributed by atoms with Crippen molar-refractivity contribution >= 4 is 39.3 Å². The van der Waals surface area contributed by atoms with Gasteiger partial charge in [-0.2, -0.15) is 0 Å². The van der Waals surface area contributed by atoms with Gasteiger partial charge in [-0.3, -0.25) is 4.79 Å². The molecule has 1 aromatic carbocycles. The largest absolute Gasteiger partial charge is 0.325 e. The molecule has 1 N–H and O–H groups in total. The molecule has 0 aliphatic heterocycles. The lowest BCUT2D eigenvalue weighted by Crippen LogP contribution is -2.15. The molecule has 3 nitrogen and oxygen atoms in total. The summed E-state index contributed by atoms with van der Waals surface area (Å²) in [6.07, 6.45) is 1.73. The standard InChI is InChI=1S/C17H19BrN2OS/c1-17(2,3)12-4-7-14(8-5-12)20-15(21)11-22-16-9-6-13(18)10-19-16/h4-10H,11H2,1-3H3,(H,20,21). The summed E-state index contributed by atoms with van der Waals surface area (Å²) in [4.78, 5) is 16.2. The van der Waals surface area contributed by atoms with Crippen LogP contribution in [0.4, 0.5) is 5.69 Å². The smallest absolute Gasteiger partial charge is 0.234 e. The summed E-state index contributed by atoms with van der Waals surface area (Å²) in [5, 5.41) is 3.74. The number of nitrogens with one attached hydrogen (secondary N) is 1. The lowest BCUT2D eigenvalue weighted by molar-refractivity contribution is -0.113. The van der Waals surface area contributed by atoms with Crippen molar-refractivity contribution < 1.29 is 4.79 Å². The SMILES string of the molecule is CC(C)(C)c1ccc(NC(=O)CSc2ccc(Br)cn2)cc1. The number of nitrogens with zero attached hydrogens (tertiary/aromatic N) is 1. The van der Waals surface area contributed by atoms with Crippen molar-refractivity contribution in [2.75, 3.05) is 11.1 Å². The van der Waals surface area contributed by atoms with Crippen molar-refractivity contribution in [2.24, 2.45) is 0 Å². The van der Waals surface area contributed by atoms with E-state index < -0.39 is 0 Å². The lowest BCUT2D eigenvalue weighted by Gasteiger charge is -2.19. The van der Waals surface area contributed by atoms with E-state index in [2.05, 4.69) is 59.1 Å². The van der Waals surface area contributed by atoms with Crippen molar-refractivity contribution in [3.8, 4) is 0 Å². The Morgan fingerprint density at radius 3 is 2.41 bits per heavy atom. The van der Waals surface area contributed by atoms with E-state index in [1.165, 1.54) is 17.3 Å². The van der Waals surface area contributed by atoms with Crippen LogP contribution in [0.1, 0.15) is 26.3 Å². The van der Waals surface area contributed by atoms with Crippen LogP contribution in [-0.4, -0.2) is 16.6 Å². The molecule has 0 aliphatic rings. The van der Waals surface area contributed by atoms with E-state index >= 15 is 0 Å². The van der Waals surface area contributed by atoms with Gasteiger partial charge in [-0.1, -0.05) is 44.7 Å². The number of hydrogen-bond donors (Lipinski definition) is 1. The number of rotatable bonds is 4. The maximum atomic E-state index is 12.0. The molecule has 0 radical (unpaired) electrons. The molecular weight excluding hydrogens is 360 g/mol. The molecule has 5 heteroatoms. The van der Waals surface area contributed by atoms with Gasteiger partial charge in [-0.05, 0) is 51.2 Å². The number of hydrogen-bond acceptors (Lipinski definition) is 3. The van der Waals surface area contributed by atoms with Crippen molar-refractivity contribution in [2.45, 2.75) is 31.2 Å². The van der Waals surface area contributed by atoms with Gasteiger partial charge in [0, 0.05) is 16.4 Å². The summed E-state index contributed by atoms with van der Waals surface area (Å²) in [6, 6.07) is 11.8. The van der Waals surface area contributed by atoms with Gasteiger partial charge in [0.05, 0.1) is 10.8 Å². The van der Waals surface area contributed by atoms with Gasteiger partial charge < -0.3 is 5.32 Å². The molecule has 0 saturated carbocycles. The molecule has 2 aromatic rings. The van der Waals surface area contributed by atoms with E-state index in [0.29, 0.717) is 5.75 Å². The van der Waals surface area contributed by atoms with Crippen LogP contribution >= 0.6 is 27.7 Å². The second-order valence-corrected chi connectivity index (χ2v) is 7.89. The molecule has 22 heavy (non-hydrogen) atoms. The van der Waals surface area contributed by atoms with Crippen molar-refractivity contribution in [1.82, 2.24) is 4.98 Å². The molecule has 116 valence electrons. The molecule has 0 saturated heterocycles. The minimum Gasteiger partial charge on any atom is -0.325 e. The van der Waals surface area contributed by atoms with Crippen LogP contribution in [-0.2, 0) is 10.2 Å². The van der Waals surface area contributed by atoms with Crippen molar-refractivity contribution in [3.05, 3.63) is 52.6 Å². The first kappa shape index (κ1) is 17.0. The summed E-state index contributed by atoms with van der Waals surface area (Å²) in [7, 11) is 0. The monoisotopic (exact) mass is 378 g/mol. The Labute approximate surface area is 144 Å². The Morgan fingerprint density at radius 2 is 1.86 bits per heavy atom. The number of halogens is 1. The fraction of sp³-hybridized carbons (Fsp3) is 0.294. The van der Waals surface area contributed by atoms with E-state index in [4.69, 9.17) is 0 Å². The number of aromatic nitrogens is 1. The van der Waals surface area contributed by atoms with Gasteiger partial charge >= 0.3 is 0 Å². The Kier molecular flexibility index (Phi) is 5.64. The second kappa shape index (κ2) is 7.29. The Hall–Kier alpha value is -1.33. The molecule has 2 rings (SSSR count). The number of pyridine rings is 1. The fourth-order valence-corrected chi connectivity index (χ4v) is 2.71. The van der Waals surface area contributed by atoms with E-state index in [9.17, 15) is 4.79 Å². The minimum atomic E-state index is -0.0294. The summed E-state index contributed by atoms with van der Waals surface area (Å²) in [5.74, 6) is 0.313. The highest BCUT2D eigenvalue weighted by Crippen LogP contribution is 2.23. The Morgan fingerprint density at radius 1 is 1.18 bits per heavy atom. The quantitative estimate of drug-likeness (QED) is 0.771. The highest BCUT2D eigenvalue weighted by atomic mass is 79.9. The summed E-state index contributed by atoms with van der Waals surface area (Å²) in [5.41, 5.74) is 2.19. The van der Waals surface area contributed by atoms with Crippen LogP contribution in [0.5, 0.6) is 0 Å². The van der Waals surface area contributed by atoms with Gasteiger partial charge in [0.2, 0.25) is 5.91 Å². The normalized spacial score (nSPS) is 11.3.